The van der Waals surface area contributed by atoms with E-state index in [1.807, 2.05) is 31.3 Å². The molecule has 0 saturated heterocycles. The lowest BCUT2D eigenvalue weighted by Crippen LogP contribution is -2.00. The molecular weight excluding hydrogens is 126 g/mol. The van der Waals surface area contributed by atoms with Crippen molar-refractivity contribution in [1.29, 1.82) is 0 Å². The second-order valence-electron chi connectivity index (χ2n) is 2.22. The number of rotatable bonds is 4. The zero-order chi connectivity index (χ0) is 7.98. The van der Waals surface area contributed by atoms with Crippen molar-refractivity contribution >= 4 is 5.78 Å². The highest BCUT2D eigenvalue weighted by Crippen LogP contribution is 1.87. The number of carbonyl (C=O) groups is 1. The lowest BCUT2D eigenvalue weighted by atomic mass is 10.3. The Labute approximate surface area is 61.8 Å². The van der Waals surface area contributed by atoms with E-state index in [-0.39, 0.29) is 5.78 Å². The summed E-state index contributed by atoms with van der Waals surface area (Å²) in [5, 5.41) is 0. The molecule has 0 aromatic carbocycles. The lowest BCUT2D eigenvalue weighted by Gasteiger charge is -2.01. The van der Waals surface area contributed by atoms with E-state index < -0.39 is 0 Å². The summed E-state index contributed by atoms with van der Waals surface area (Å²) in [6.07, 6.45) is 5.44. The van der Waals surface area contributed by atoms with Crippen LogP contribution in [0.5, 0.6) is 0 Å². The molecule has 0 atom stereocenters. The van der Waals surface area contributed by atoms with E-state index in [2.05, 4.69) is 6.58 Å². The maximum Gasteiger partial charge on any atom is 0.158 e. The van der Waals surface area contributed by atoms with Gasteiger partial charge in [0.25, 0.3) is 0 Å². The Morgan fingerprint density at radius 3 is 2.60 bits per heavy atom. The van der Waals surface area contributed by atoms with Crippen LogP contribution in [0.25, 0.3) is 0 Å². The van der Waals surface area contributed by atoms with Crippen LogP contribution < -0.4 is 0 Å². The van der Waals surface area contributed by atoms with Gasteiger partial charge in [0.15, 0.2) is 5.78 Å². The topological polar surface area (TPSA) is 20.3 Å². The highest BCUT2D eigenvalue weighted by atomic mass is 16.1. The van der Waals surface area contributed by atoms with E-state index in [1.54, 1.807) is 0 Å². The molecule has 0 aliphatic carbocycles. The van der Waals surface area contributed by atoms with Gasteiger partial charge in [-0.05, 0) is 12.3 Å². The van der Waals surface area contributed by atoms with Crippen molar-refractivity contribution in [2.45, 2.75) is 6.42 Å². The van der Waals surface area contributed by atoms with Gasteiger partial charge in [-0.2, -0.15) is 0 Å². The number of carbonyl (C=O) groups excluding carboxylic acids is 1. The molecule has 0 heterocycles. The van der Waals surface area contributed by atoms with E-state index in [9.17, 15) is 4.79 Å². The zero-order valence-corrected chi connectivity index (χ0v) is 6.50. The number of hydrogen-bond acceptors (Lipinski definition) is 2. The average Bonchev–Trinajstić information content (AvgIpc) is 1.87. The summed E-state index contributed by atoms with van der Waals surface area (Å²) < 4.78 is 0. The summed E-state index contributed by atoms with van der Waals surface area (Å²) >= 11 is 0. The molecule has 2 heteroatoms. The molecule has 0 saturated carbocycles. The largest absolute Gasteiger partial charge is 0.384 e. The van der Waals surface area contributed by atoms with Crippen molar-refractivity contribution in [1.82, 2.24) is 4.90 Å². The molecule has 0 fully saturated rings. The predicted octanol–water partition coefficient (Wildman–Crippen LogP) is 1.21. The fourth-order valence-corrected chi connectivity index (χ4v) is 0.463. The van der Waals surface area contributed by atoms with Crippen LogP contribution >= 0.6 is 0 Å². The molecule has 0 spiro atoms. The molecule has 0 rings (SSSR count). The van der Waals surface area contributed by atoms with E-state index in [1.165, 1.54) is 6.08 Å². The first-order valence-electron chi connectivity index (χ1n) is 3.15. The second kappa shape index (κ2) is 4.79. The zero-order valence-electron chi connectivity index (χ0n) is 6.50. The van der Waals surface area contributed by atoms with Crippen molar-refractivity contribution in [3.05, 3.63) is 24.9 Å². The van der Waals surface area contributed by atoms with E-state index in [0.29, 0.717) is 6.42 Å². The summed E-state index contributed by atoms with van der Waals surface area (Å²) in [7, 11) is 3.82. The predicted molar refractivity (Wildman–Crippen MR) is 42.6 cm³/mol. The minimum atomic E-state index is 0.0538. The Hall–Kier alpha value is -1.05. The summed E-state index contributed by atoms with van der Waals surface area (Å²) in [6.45, 7) is 3.36. The van der Waals surface area contributed by atoms with E-state index in [0.717, 1.165) is 0 Å². The molecule has 0 aliphatic heterocycles. The first-order chi connectivity index (χ1) is 4.66. The van der Waals surface area contributed by atoms with Crippen molar-refractivity contribution in [2.24, 2.45) is 0 Å². The minimum Gasteiger partial charge on any atom is -0.384 e. The number of ketones is 1. The van der Waals surface area contributed by atoms with Gasteiger partial charge in [0, 0.05) is 20.5 Å². The minimum absolute atomic E-state index is 0.0538. The van der Waals surface area contributed by atoms with Crippen LogP contribution in [0.2, 0.25) is 0 Å². The summed E-state index contributed by atoms with van der Waals surface area (Å²) in [5.41, 5.74) is 0. The highest BCUT2D eigenvalue weighted by Gasteiger charge is 1.87. The van der Waals surface area contributed by atoms with Crippen LogP contribution in [0.3, 0.4) is 0 Å². The third kappa shape index (κ3) is 5.09. The quantitative estimate of drug-likeness (QED) is 0.545. The van der Waals surface area contributed by atoms with Gasteiger partial charge in [0.2, 0.25) is 0 Å². The fraction of sp³-hybridized carbons (Fsp3) is 0.375. The van der Waals surface area contributed by atoms with Crippen LogP contribution in [0.15, 0.2) is 24.9 Å². The standard InChI is InChI=1S/C8H13NO/c1-4-8(10)6-5-7-9(2)3/h4-5,7H,1,6H2,2-3H3. The molecule has 0 aliphatic rings. The van der Waals surface area contributed by atoms with Crippen molar-refractivity contribution < 1.29 is 4.79 Å². The van der Waals surface area contributed by atoms with Gasteiger partial charge >= 0.3 is 0 Å². The summed E-state index contributed by atoms with van der Waals surface area (Å²) in [6, 6.07) is 0. The third-order valence-corrected chi connectivity index (χ3v) is 0.950. The smallest absolute Gasteiger partial charge is 0.158 e. The first-order valence-corrected chi connectivity index (χ1v) is 3.15. The molecule has 0 aromatic rings. The molecule has 2 nitrogen and oxygen atoms in total. The van der Waals surface area contributed by atoms with E-state index >= 15 is 0 Å². The molecule has 56 valence electrons. The summed E-state index contributed by atoms with van der Waals surface area (Å²) in [5.74, 6) is 0.0538. The molecule has 0 radical (unpaired) electrons. The van der Waals surface area contributed by atoms with Crippen molar-refractivity contribution in [2.75, 3.05) is 14.1 Å². The summed E-state index contributed by atoms with van der Waals surface area (Å²) in [4.78, 5) is 12.5. The van der Waals surface area contributed by atoms with E-state index in [4.69, 9.17) is 0 Å². The first kappa shape index (κ1) is 8.95. The number of hydrogen-bond donors (Lipinski definition) is 0. The lowest BCUT2D eigenvalue weighted by molar-refractivity contribution is -0.113. The third-order valence-electron chi connectivity index (χ3n) is 0.950. The van der Waals surface area contributed by atoms with Crippen LogP contribution in [-0.4, -0.2) is 24.8 Å². The number of nitrogens with zero attached hydrogens (tertiary/aromatic N) is 1. The molecule has 0 bridgehead atoms. The molecule has 10 heavy (non-hydrogen) atoms. The monoisotopic (exact) mass is 139 g/mol. The number of allylic oxidation sites excluding steroid dienone is 2. The fourth-order valence-electron chi connectivity index (χ4n) is 0.463. The van der Waals surface area contributed by atoms with Crippen LogP contribution in [0.1, 0.15) is 6.42 Å². The van der Waals surface area contributed by atoms with Crippen LogP contribution in [0.4, 0.5) is 0 Å². The Balaban J connectivity index is 3.53. The molecule has 0 N–H and O–H groups in total. The Morgan fingerprint density at radius 2 is 2.20 bits per heavy atom. The van der Waals surface area contributed by atoms with Gasteiger partial charge in [0.1, 0.15) is 0 Å². The normalized spacial score (nSPS) is 9.80. The average molecular weight is 139 g/mol. The highest BCUT2D eigenvalue weighted by molar-refractivity contribution is 5.90. The molecule has 0 unspecified atom stereocenters. The molecule has 0 amide bonds. The Morgan fingerprint density at radius 1 is 1.60 bits per heavy atom. The van der Waals surface area contributed by atoms with Gasteiger partial charge in [0.05, 0.1) is 0 Å². The van der Waals surface area contributed by atoms with Crippen molar-refractivity contribution in [3.8, 4) is 0 Å². The van der Waals surface area contributed by atoms with Gasteiger partial charge in [-0.1, -0.05) is 12.7 Å². The molecular formula is C8H13NO. The van der Waals surface area contributed by atoms with Gasteiger partial charge in [-0.25, -0.2) is 0 Å². The van der Waals surface area contributed by atoms with Crippen LogP contribution in [-0.2, 0) is 4.79 Å². The van der Waals surface area contributed by atoms with Gasteiger partial charge in [-0.3, -0.25) is 4.79 Å². The van der Waals surface area contributed by atoms with Gasteiger partial charge < -0.3 is 4.90 Å². The van der Waals surface area contributed by atoms with Crippen LogP contribution in [0, 0.1) is 0 Å². The molecule has 0 aromatic heterocycles. The Bertz CT molecular complexity index is 147. The second-order valence-corrected chi connectivity index (χ2v) is 2.22. The SMILES string of the molecule is C=CC(=O)CC=CN(C)C. The van der Waals surface area contributed by atoms with Crippen molar-refractivity contribution in [3.63, 3.8) is 0 Å². The van der Waals surface area contributed by atoms with Gasteiger partial charge in [-0.15, -0.1) is 0 Å². The maximum atomic E-state index is 10.6. The maximum absolute atomic E-state index is 10.6. The Kier molecular flexibility index (Phi) is 4.29.